The van der Waals surface area contributed by atoms with Gasteiger partial charge in [0.25, 0.3) is 0 Å². The molecule has 0 fully saturated rings. The fourth-order valence-electron chi connectivity index (χ4n) is 2.98. The topological polar surface area (TPSA) is 68.4 Å². The molecule has 0 atom stereocenters. The zero-order valence-corrected chi connectivity index (χ0v) is 16.7. The SMILES string of the molecule is CCN(CC)c1ccc(/C=N/c2ccccc2/N=C\c2ccccc2O)c(O)c1. The van der Waals surface area contributed by atoms with E-state index in [0.717, 1.165) is 18.8 Å². The first-order valence-electron chi connectivity index (χ1n) is 9.65. The van der Waals surface area contributed by atoms with Crippen molar-refractivity contribution in [3.63, 3.8) is 0 Å². The van der Waals surface area contributed by atoms with Gasteiger partial charge in [0.15, 0.2) is 0 Å². The van der Waals surface area contributed by atoms with E-state index >= 15 is 0 Å². The summed E-state index contributed by atoms with van der Waals surface area (Å²) in [6, 6.07) is 20.1. The number of aliphatic imine (C=N–C) groups is 2. The second-order valence-electron chi connectivity index (χ2n) is 6.48. The van der Waals surface area contributed by atoms with Crippen LogP contribution in [0.4, 0.5) is 17.1 Å². The molecule has 0 aromatic heterocycles. The van der Waals surface area contributed by atoms with Crippen molar-refractivity contribution in [1.82, 2.24) is 0 Å². The van der Waals surface area contributed by atoms with E-state index in [2.05, 4.69) is 28.7 Å². The molecule has 0 aliphatic rings. The molecule has 5 heteroatoms. The summed E-state index contributed by atoms with van der Waals surface area (Å²) in [6.07, 6.45) is 3.25. The van der Waals surface area contributed by atoms with Crippen molar-refractivity contribution in [3.8, 4) is 11.5 Å². The average molecular weight is 387 g/mol. The van der Waals surface area contributed by atoms with Gasteiger partial charge >= 0.3 is 0 Å². The normalized spacial score (nSPS) is 11.4. The van der Waals surface area contributed by atoms with Crippen molar-refractivity contribution < 1.29 is 10.2 Å². The molecule has 0 bridgehead atoms. The molecule has 148 valence electrons. The van der Waals surface area contributed by atoms with E-state index in [1.165, 1.54) is 0 Å². The molecule has 5 nitrogen and oxygen atoms in total. The highest BCUT2D eigenvalue weighted by Crippen LogP contribution is 2.29. The molecule has 3 rings (SSSR count). The lowest BCUT2D eigenvalue weighted by Crippen LogP contribution is -2.21. The first-order valence-corrected chi connectivity index (χ1v) is 9.65. The smallest absolute Gasteiger partial charge is 0.126 e. The first kappa shape index (κ1) is 20.1. The van der Waals surface area contributed by atoms with Crippen LogP contribution in [0.15, 0.2) is 76.7 Å². The van der Waals surface area contributed by atoms with Crippen LogP contribution in [0.5, 0.6) is 11.5 Å². The third-order valence-corrected chi connectivity index (χ3v) is 4.65. The Balaban J connectivity index is 1.84. The summed E-state index contributed by atoms with van der Waals surface area (Å²) in [4.78, 5) is 11.1. The Morgan fingerprint density at radius 1 is 0.724 bits per heavy atom. The Morgan fingerprint density at radius 3 is 1.83 bits per heavy atom. The number of hydrogen-bond acceptors (Lipinski definition) is 5. The predicted octanol–water partition coefficient (Wildman–Crippen LogP) is 5.45. The zero-order valence-electron chi connectivity index (χ0n) is 16.7. The van der Waals surface area contributed by atoms with E-state index in [1.807, 2.05) is 42.5 Å². The highest BCUT2D eigenvalue weighted by Gasteiger charge is 2.06. The molecule has 0 spiro atoms. The lowest BCUT2D eigenvalue weighted by Gasteiger charge is -2.21. The average Bonchev–Trinajstić information content (AvgIpc) is 2.74. The maximum atomic E-state index is 10.4. The van der Waals surface area contributed by atoms with Crippen LogP contribution in [-0.4, -0.2) is 35.7 Å². The molecule has 0 aliphatic carbocycles. The monoisotopic (exact) mass is 387 g/mol. The molecule has 0 unspecified atom stereocenters. The van der Waals surface area contributed by atoms with E-state index in [1.54, 1.807) is 36.7 Å². The molecule has 29 heavy (non-hydrogen) atoms. The Kier molecular flexibility index (Phi) is 6.63. The number of para-hydroxylation sites is 3. The molecule has 3 aromatic rings. The molecule has 2 N–H and O–H groups in total. The fourth-order valence-corrected chi connectivity index (χ4v) is 2.98. The number of rotatable bonds is 7. The molecular weight excluding hydrogens is 362 g/mol. The Morgan fingerprint density at radius 2 is 1.28 bits per heavy atom. The van der Waals surface area contributed by atoms with E-state index in [4.69, 9.17) is 0 Å². The van der Waals surface area contributed by atoms with E-state index in [9.17, 15) is 10.2 Å². The van der Waals surface area contributed by atoms with Crippen LogP contribution in [0, 0.1) is 0 Å². The highest BCUT2D eigenvalue weighted by molar-refractivity contribution is 5.89. The van der Waals surface area contributed by atoms with E-state index in [0.29, 0.717) is 22.5 Å². The van der Waals surface area contributed by atoms with Crippen LogP contribution < -0.4 is 4.90 Å². The summed E-state index contributed by atoms with van der Waals surface area (Å²) in [5, 5.41) is 20.3. The zero-order chi connectivity index (χ0) is 20.6. The van der Waals surface area contributed by atoms with Gasteiger partial charge in [-0.1, -0.05) is 24.3 Å². The number of anilines is 1. The third-order valence-electron chi connectivity index (χ3n) is 4.65. The molecule has 3 aromatic carbocycles. The largest absolute Gasteiger partial charge is 0.507 e. The van der Waals surface area contributed by atoms with Crippen molar-refractivity contribution >= 4 is 29.5 Å². The predicted molar refractivity (Wildman–Crippen MR) is 121 cm³/mol. The molecular formula is C24H25N3O2. The maximum Gasteiger partial charge on any atom is 0.126 e. The second kappa shape index (κ2) is 9.55. The Bertz CT molecular complexity index is 1020. The van der Waals surface area contributed by atoms with Gasteiger partial charge in [-0.3, -0.25) is 9.98 Å². The first-order chi connectivity index (χ1) is 14.1. The second-order valence-corrected chi connectivity index (χ2v) is 6.48. The minimum Gasteiger partial charge on any atom is -0.507 e. The van der Waals surface area contributed by atoms with Crippen molar-refractivity contribution in [1.29, 1.82) is 0 Å². The molecule has 0 saturated heterocycles. The number of benzene rings is 3. The summed E-state index contributed by atoms with van der Waals surface area (Å²) in [5.41, 5.74) is 3.60. The summed E-state index contributed by atoms with van der Waals surface area (Å²) in [5.74, 6) is 0.365. The summed E-state index contributed by atoms with van der Waals surface area (Å²) in [7, 11) is 0. The highest BCUT2D eigenvalue weighted by atomic mass is 16.3. The number of phenols is 2. The van der Waals surface area contributed by atoms with Crippen molar-refractivity contribution in [3.05, 3.63) is 77.9 Å². The van der Waals surface area contributed by atoms with Crippen LogP contribution >= 0.6 is 0 Å². The van der Waals surface area contributed by atoms with Gasteiger partial charge < -0.3 is 15.1 Å². The molecule has 0 amide bonds. The summed E-state index contributed by atoms with van der Waals surface area (Å²) in [6.45, 7) is 5.93. The number of phenolic OH excluding ortho intramolecular Hbond substituents is 2. The minimum absolute atomic E-state index is 0.176. The van der Waals surface area contributed by atoms with Crippen LogP contribution in [-0.2, 0) is 0 Å². The lowest BCUT2D eigenvalue weighted by atomic mass is 10.1. The van der Waals surface area contributed by atoms with Gasteiger partial charge in [-0.15, -0.1) is 0 Å². The van der Waals surface area contributed by atoms with Gasteiger partial charge in [0.05, 0.1) is 11.4 Å². The third kappa shape index (κ3) is 5.02. The van der Waals surface area contributed by atoms with Gasteiger partial charge in [-0.05, 0) is 50.2 Å². The van der Waals surface area contributed by atoms with Crippen molar-refractivity contribution in [2.24, 2.45) is 9.98 Å². The van der Waals surface area contributed by atoms with Crippen LogP contribution in [0.3, 0.4) is 0 Å². The Hall–Kier alpha value is -3.60. The molecule has 0 aliphatic heterocycles. The number of aromatic hydroxyl groups is 2. The number of hydrogen-bond donors (Lipinski definition) is 2. The van der Waals surface area contributed by atoms with Gasteiger partial charge in [0.2, 0.25) is 0 Å². The van der Waals surface area contributed by atoms with Crippen LogP contribution in [0.25, 0.3) is 0 Å². The quantitative estimate of drug-likeness (QED) is 0.530. The summed E-state index contributed by atoms with van der Waals surface area (Å²) >= 11 is 0. The molecule has 0 heterocycles. The fraction of sp³-hybridized carbons (Fsp3) is 0.167. The minimum atomic E-state index is 0.176. The van der Waals surface area contributed by atoms with E-state index in [-0.39, 0.29) is 11.5 Å². The summed E-state index contributed by atoms with van der Waals surface area (Å²) < 4.78 is 0. The lowest BCUT2D eigenvalue weighted by molar-refractivity contribution is 0.474. The van der Waals surface area contributed by atoms with Crippen molar-refractivity contribution in [2.75, 3.05) is 18.0 Å². The van der Waals surface area contributed by atoms with Crippen molar-refractivity contribution in [2.45, 2.75) is 13.8 Å². The molecule has 0 saturated carbocycles. The van der Waals surface area contributed by atoms with Gasteiger partial charge in [-0.25, -0.2) is 0 Å². The van der Waals surface area contributed by atoms with Crippen LogP contribution in [0.2, 0.25) is 0 Å². The maximum absolute atomic E-state index is 10.4. The van der Waals surface area contributed by atoms with E-state index < -0.39 is 0 Å². The van der Waals surface area contributed by atoms with Gasteiger partial charge in [0.1, 0.15) is 11.5 Å². The number of nitrogens with zero attached hydrogens (tertiary/aromatic N) is 3. The molecule has 0 radical (unpaired) electrons. The Labute approximate surface area is 171 Å². The van der Waals surface area contributed by atoms with Gasteiger partial charge in [0, 0.05) is 48.4 Å². The standard InChI is InChI=1S/C24H25N3O2/c1-3-27(4-2)20-14-13-19(24(29)15-20)17-26-22-11-7-6-10-21(22)25-16-18-9-5-8-12-23(18)28/h5-17,28-29H,3-4H2,1-2H3/b25-16-,26-17+. The van der Waals surface area contributed by atoms with Crippen LogP contribution in [0.1, 0.15) is 25.0 Å². The van der Waals surface area contributed by atoms with Gasteiger partial charge in [-0.2, -0.15) is 0 Å².